The van der Waals surface area contributed by atoms with Gasteiger partial charge in [-0.25, -0.2) is 0 Å². The van der Waals surface area contributed by atoms with Gasteiger partial charge in [-0.1, -0.05) is 26.8 Å². The van der Waals surface area contributed by atoms with Crippen molar-refractivity contribution >= 4 is 0 Å². The number of likely N-dealkylation sites (N-methyl/N-ethyl adjacent to an activating group) is 1. The van der Waals surface area contributed by atoms with Crippen LogP contribution in [0.3, 0.4) is 0 Å². The van der Waals surface area contributed by atoms with Crippen LogP contribution in [0.1, 0.15) is 38.3 Å². The fourth-order valence-electron chi connectivity index (χ4n) is 6.63. The number of piperidine rings is 1. The lowest BCUT2D eigenvalue weighted by atomic mass is 9.44. The molecule has 1 saturated heterocycles. The van der Waals surface area contributed by atoms with Crippen LogP contribution in [-0.4, -0.2) is 49.0 Å². The third kappa shape index (κ3) is 1.62. The lowest BCUT2D eigenvalue weighted by Gasteiger charge is -2.64. The van der Waals surface area contributed by atoms with Gasteiger partial charge >= 0.3 is 0 Å². The zero-order valence-corrected chi connectivity index (χ0v) is 15.9. The van der Waals surface area contributed by atoms with Gasteiger partial charge in [0.05, 0.1) is 13.2 Å². The second-order valence-electron chi connectivity index (χ2n) is 9.29. The van der Waals surface area contributed by atoms with Gasteiger partial charge in [0.1, 0.15) is 6.10 Å². The molecule has 5 rings (SSSR count). The van der Waals surface area contributed by atoms with Crippen molar-refractivity contribution in [3.63, 3.8) is 0 Å². The van der Waals surface area contributed by atoms with Crippen molar-refractivity contribution in [3.05, 3.63) is 23.3 Å². The monoisotopic (exact) mass is 343 g/mol. The van der Waals surface area contributed by atoms with Crippen LogP contribution in [0.2, 0.25) is 0 Å². The number of hydrogen-bond donors (Lipinski definition) is 1. The van der Waals surface area contributed by atoms with E-state index in [0.717, 1.165) is 30.9 Å². The van der Waals surface area contributed by atoms with Crippen LogP contribution in [0.4, 0.5) is 0 Å². The lowest BCUT2D eigenvalue weighted by molar-refractivity contribution is -0.183. The molecule has 1 N–H and O–H groups in total. The minimum atomic E-state index is -0.467. The quantitative estimate of drug-likeness (QED) is 0.851. The second-order valence-corrected chi connectivity index (χ2v) is 9.29. The molecule has 2 bridgehead atoms. The van der Waals surface area contributed by atoms with E-state index < -0.39 is 6.10 Å². The minimum absolute atomic E-state index is 0.0665. The molecule has 4 nitrogen and oxygen atoms in total. The van der Waals surface area contributed by atoms with Crippen LogP contribution < -0.4 is 9.47 Å². The Morgan fingerprint density at radius 3 is 2.80 bits per heavy atom. The molecular formula is C21H29NO3. The third-order valence-electron chi connectivity index (χ3n) is 8.29. The highest BCUT2D eigenvalue weighted by Gasteiger charge is 2.70. The summed E-state index contributed by atoms with van der Waals surface area (Å²) in [7, 11) is 3.98. The van der Waals surface area contributed by atoms with Crippen LogP contribution in [-0.2, 0) is 11.8 Å². The molecule has 3 unspecified atom stereocenters. The molecule has 2 heterocycles. The molecule has 2 aliphatic heterocycles. The zero-order valence-electron chi connectivity index (χ0n) is 15.9. The van der Waals surface area contributed by atoms with Gasteiger partial charge in [-0.15, -0.1) is 0 Å². The van der Waals surface area contributed by atoms with Gasteiger partial charge in [0, 0.05) is 17.0 Å². The number of methoxy groups -OCH3 is 1. The molecule has 0 radical (unpaired) electrons. The van der Waals surface area contributed by atoms with E-state index in [4.69, 9.17) is 9.47 Å². The lowest BCUT2D eigenvalue weighted by Crippen LogP contribution is -2.72. The fraction of sp³-hybridized carbons (Fsp3) is 0.714. The molecule has 0 amide bonds. The highest BCUT2D eigenvalue weighted by Crippen LogP contribution is 2.67. The number of nitrogens with zero attached hydrogens (tertiary/aromatic N) is 1. The zero-order chi connectivity index (χ0) is 17.7. The molecule has 1 spiro atoms. The standard InChI is InChI=1S/C21H29NO3/c1-11-15-13-10-12-6-7-14(24-5)17-16(12)21(15,8-9-22(13)4)19(25-17)18(23)20(11,2)3/h6-7,11,13,15,18-19,23H,8-10H2,1-5H3/t11?,13-,15+,18?,19?,21+/m1/s1. The van der Waals surface area contributed by atoms with E-state index in [1.54, 1.807) is 7.11 Å². The molecule has 4 heteroatoms. The predicted octanol–water partition coefficient (Wildman–Crippen LogP) is 2.61. The van der Waals surface area contributed by atoms with Crippen LogP contribution in [0.25, 0.3) is 0 Å². The molecule has 6 atom stereocenters. The van der Waals surface area contributed by atoms with E-state index in [0.29, 0.717) is 17.9 Å². The van der Waals surface area contributed by atoms with E-state index in [1.807, 2.05) is 6.07 Å². The van der Waals surface area contributed by atoms with Crippen molar-refractivity contribution < 1.29 is 14.6 Å². The normalized spacial score (nSPS) is 43.4. The van der Waals surface area contributed by atoms with Crippen molar-refractivity contribution in [1.29, 1.82) is 0 Å². The second kappa shape index (κ2) is 4.72. The largest absolute Gasteiger partial charge is 0.493 e. The maximum absolute atomic E-state index is 11.3. The number of rotatable bonds is 1. The smallest absolute Gasteiger partial charge is 0.165 e. The van der Waals surface area contributed by atoms with E-state index in [-0.39, 0.29) is 16.9 Å². The molecule has 0 aromatic heterocycles. The number of aliphatic hydroxyl groups excluding tert-OH is 1. The molecule has 136 valence electrons. The van der Waals surface area contributed by atoms with Crippen molar-refractivity contribution in [3.8, 4) is 11.5 Å². The summed E-state index contributed by atoms with van der Waals surface area (Å²) in [5, 5.41) is 11.3. The topological polar surface area (TPSA) is 41.9 Å². The van der Waals surface area contributed by atoms with Crippen LogP contribution >= 0.6 is 0 Å². The highest BCUT2D eigenvalue weighted by atomic mass is 16.5. The van der Waals surface area contributed by atoms with E-state index in [1.165, 1.54) is 11.1 Å². The van der Waals surface area contributed by atoms with E-state index in [2.05, 4.69) is 38.8 Å². The molecule has 1 aromatic rings. The van der Waals surface area contributed by atoms with Crippen LogP contribution in [0.5, 0.6) is 11.5 Å². The Kier molecular flexibility index (Phi) is 3.01. The van der Waals surface area contributed by atoms with Gasteiger partial charge in [-0.2, -0.15) is 0 Å². The Bertz CT molecular complexity index is 745. The first-order valence-electron chi connectivity index (χ1n) is 9.59. The number of aliphatic hydroxyl groups is 1. The first-order valence-corrected chi connectivity index (χ1v) is 9.59. The third-order valence-corrected chi connectivity index (χ3v) is 8.29. The molecular weight excluding hydrogens is 314 g/mol. The first-order chi connectivity index (χ1) is 11.8. The van der Waals surface area contributed by atoms with Gasteiger partial charge < -0.3 is 19.5 Å². The van der Waals surface area contributed by atoms with E-state index in [9.17, 15) is 5.11 Å². The molecule has 2 aliphatic carbocycles. The summed E-state index contributed by atoms with van der Waals surface area (Å²) in [6.07, 6.45) is 1.50. The molecule has 25 heavy (non-hydrogen) atoms. The average molecular weight is 343 g/mol. The Morgan fingerprint density at radius 1 is 1.32 bits per heavy atom. The van der Waals surface area contributed by atoms with Crippen molar-refractivity contribution in [1.82, 2.24) is 4.90 Å². The number of likely N-dealkylation sites (tertiary alicyclic amines) is 1. The fourth-order valence-corrected chi connectivity index (χ4v) is 6.63. The average Bonchev–Trinajstić information content (AvgIpc) is 2.93. The Labute approximate surface area is 150 Å². The summed E-state index contributed by atoms with van der Waals surface area (Å²) < 4.78 is 12.2. The minimum Gasteiger partial charge on any atom is -0.493 e. The van der Waals surface area contributed by atoms with Gasteiger partial charge in [-0.05, 0) is 55.3 Å². The summed E-state index contributed by atoms with van der Waals surface area (Å²) in [4.78, 5) is 2.54. The maximum atomic E-state index is 11.3. The number of ether oxygens (including phenoxy) is 2. The van der Waals surface area contributed by atoms with Crippen molar-refractivity contribution in [2.24, 2.45) is 17.3 Å². The summed E-state index contributed by atoms with van der Waals surface area (Å²) in [6.45, 7) is 7.84. The summed E-state index contributed by atoms with van der Waals surface area (Å²) in [5.41, 5.74) is 2.52. The van der Waals surface area contributed by atoms with Gasteiger partial charge in [0.15, 0.2) is 11.5 Å². The first kappa shape index (κ1) is 16.0. The summed E-state index contributed by atoms with van der Waals surface area (Å²) in [5.74, 6) is 2.66. The van der Waals surface area contributed by atoms with Crippen LogP contribution in [0, 0.1) is 17.3 Å². The molecule has 1 aromatic carbocycles. The Hall–Kier alpha value is -1.26. The summed E-state index contributed by atoms with van der Waals surface area (Å²) in [6, 6.07) is 4.79. The number of hydrogen-bond acceptors (Lipinski definition) is 4. The molecule has 1 saturated carbocycles. The Morgan fingerprint density at radius 2 is 2.08 bits per heavy atom. The van der Waals surface area contributed by atoms with Crippen molar-refractivity contribution in [2.45, 2.75) is 57.3 Å². The van der Waals surface area contributed by atoms with E-state index >= 15 is 0 Å². The Balaban J connectivity index is 1.82. The van der Waals surface area contributed by atoms with Crippen LogP contribution in [0.15, 0.2) is 12.1 Å². The van der Waals surface area contributed by atoms with Crippen molar-refractivity contribution in [2.75, 3.05) is 20.7 Å². The van der Waals surface area contributed by atoms with Gasteiger partial charge in [0.2, 0.25) is 0 Å². The number of benzene rings is 1. The molecule has 2 fully saturated rings. The summed E-state index contributed by atoms with van der Waals surface area (Å²) >= 11 is 0. The maximum Gasteiger partial charge on any atom is 0.165 e. The SMILES string of the molecule is COc1ccc2c3c1OC1C(O)C(C)(C)C(C)[C@H]4[C@@H](C2)N(C)CC[C@]314. The van der Waals surface area contributed by atoms with Gasteiger partial charge in [0.25, 0.3) is 0 Å². The predicted molar refractivity (Wildman–Crippen MR) is 96.3 cm³/mol. The molecule has 4 aliphatic rings. The van der Waals surface area contributed by atoms with Gasteiger partial charge in [-0.3, -0.25) is 0 Å². The highest BCUT2D eigenvalue weighted by molar-refractivity contribution is 5.61.